The Hall–Kier alpha value is -2.33. The zero-order valence-electron chi connectivity index (χ0n) is 12.4. The Balaban J connectivity index is 1.91. The minimum absolute atomic E-state index is 0.318. The molecule has 114 valence electrons. The van der Waals surface area contributed by atoms with Crippen molar-refractivity contribution in [3.63, 3.8) is 0 Å². The first-order valence-electron chi connectivity index (χ1n) is 6.86. The summed E-state index contributed by atoms with van der Waals surface area (Å²) in [6, 6.07) is 12.5. The maximum atomic E-state index is 11.8. The highest BCUT2D eigenvalue weighted by atomic mass is 35.5. The second-order valence-corrected chi connectivity index (χ2v) is 5.51. The van der Waals surface area contributed by atoms with Crippen LogP contribution in [0, 0.1) is 13.8 Å². The molecule has 0 radical (unpaired) electrons. The summed E-state index contributed by atoms with van der Waals surface area (Å²) in [5, 5.41) is 5.70. The van der Waals surface area contributed by atoms with Crippen LogP contribution in [0.3, 0.4) is 0 Å². The molecule has 0 saturated carbocycles. The maximum absolute atomic E-state index is 11.8. The lowest BCUT2D eigenvalue weighted by atomic mass is 10.1. The third-order valence-corrected chi connectivity index (χ3v) is 3.50. The lowest BCUT2D eigenvalue weighted by molar-refractivity contribution is -0.136. The van der Waals surface area contributed by atoms with Crippen LogP contribution >= 0.6 is 11.6 Å². The van der Waals surface area contributed by atoms with Gasteiger partial charge in [0, 0.05) is 17.3 Å². The van der Waals surface area contributed by atoms with Crippen LogP contribution in [-0.4, -0.2) is 11.8 Å². The SMILES string of the molecule is Cc1ccc(CNC(=O)C(=O)Nc2ccc(Cl)cc2)c(C)c1. The smallest absolute Gasteiger partial charge is 0.313 e. The number of aryl methyl sites for hydroxylation is 2. The Morgan fingerprint density at radius 1 is 1.00 bits per heavy atom. The summed E-state index contributed by atoms with van der Waals surface area (Å²) in [5.74, 6) is -1.37. The summed E-state index contributed by atoms with van der Waals surface area (Å²) in [7, 11) is 0. The number of anilines is 1. The molecule has 0 aliphatic heterocycles. The molecule has 2 aromatic rings. The summed E-state index contributed by atoms with van der Waals surface area (Å²) >= 11 is 5.76. The highest BCUT2D eigenvalue weighted by Crippen LogP contribution is 2.13. The minimum Gasteiger partial charge on any atom is -0.344 e. The number of rotatable bonds is 3. The molecule has 2 amide bonds. The van der Waals surface area contributed by atoms with Gasteiger partial charge < -0.3 is 10.6 Å². The third kappa shape index (κ3) is 4.33. The Labute approximate surface area is 134 Å². The Morgan fingerprint density at radius 3 is 2.32 bits per heavy atom. The van der Waals surface area contributed by atoms with Gasteiger partial charge in [0.1, 0.15) is 0 Å². The van der Waals surface area contributed by atoms with E-state index in [1.807, 2.05) is 32.0 Å². The Morgan fingerprint density at radius 2 is 1.68 bits per heavy atom. The van der Waals surface area contributed by atoms with E-state index in [0.717, 1.165) is 16.7 Å². The molecule has 0 aromatic heterocycles. The highest BCUT2D eigenvalue weighted by molar-refractivity contribution is 6.39. The molecule has 0 atom stereocenters. The summed E-state index contributed by atoms with van der Waals surface area (Å²) in [5.41, 5.74) is 3.75. The molecule has 0 heterocycles. The number of carbonyl (C=O) groups is 2. The molecule has 22 heavy (non-hydrogen) atoms. The van der Waals surface area contributed by atoms with E-state index in [-0.39, 0.29) is 0 Å². The molecule has 0 saturated heterocycles. The maximum Gasteiger partial charge on any atom is 0.313 e. The fraction of sp³-hybridized carbons (Fsp3) is 0.176. The van der Waals surface area contributed by atoms with Gasteiger partial charge in [-0.05, 0) is 49.2 Å². The minimum atomic E-state index is -0.702. The van der Waals surface area contributed by atoms with Crippen molar-refractivity contribution in [1.29, 1.82) is 0 Å². The van der Waals surface area contributed by atoms with Gasteiger partial charge in [0.2, 0.25) is 0 Å². The van der Waals surface area contributed by atoms with E-state index in [4.69, 9.17) is 11.6 Å². The number of hydrogen-bond donors (Lipinski definition) is 2. The topological polar surface area (TPSA) is 58.2 Å². The molecule has 0 aliphatic rings. The second kappa shape index (κ2) is 7.09. The number of hydrogen-bond acceptors (Lipinski definition) is 2. The van der Waals surface area contributed by atoms with E-state index in [2.05, 4.69) is 10.6 Å². The average molecular weight is 317 g/mol. The third-order valence-electron chi connectivity index (χ3n) is 3.25. The van der Waals surface area contributed by atoms with Crippen LogP contribution in [0.4, 0.5) is 5.69 Å². The van der Waals surface area contributed by atoms with Crippen molar-refractivity contribution in [2.24, 2.45) is 0 Å². The van der Waals surface area contributed by atoms with Crippen LogP contribution in [0.15, 0.2) is 42.5 Å². The van der Waals surface area contributed by atoms with E-state index in [1.165, 1.54) is 0 Å². The van der Waals surface area contributed by atoms with Gasteiger partial charge in [-0.15, -0.1) is 0 Å². The van der Waals surface area contributed by atoms with Crippen molar-refractivity contribution in [2.75, 3.05) is 5.32 Å². The van der Waals surface area contributed by atoms with Crippen LogP contribution in [0.25, 0.3) is 0 Å². The molecular formula is C17H17ClN2O2. The van der Waals surface area contributed by atoms with Gasteiger partial charge in [0.15, 0.2) is 0 Å². The van der Waals surface area contributed by atoms with Crippen molar-refractivity contribution in [3.8, 4) is 0 Å². The van der Waals surface area contributed by atoms with Crippen molar-refractivity contribution in [2.45, 2.75) is 20.4 Å². The molecule has 0 spiro atoms. The van der Waals surface area contributed by atoms with E-state index in [9.17, 15) is 9.59 Å². The molecule has 2 rings (SSSR count). The van der Waals surface area contributed by atoms with E-state index in [1.54, 1.807) is 24.3 Å². The lowest BCUT2D eigenvalue weighted by Crippen LogP contribution is -2.35. The van der Waals surface area contributed by atoms with Crippen molar-refractivity contribution < 1.29 is 9.59 Å². The van der Waals surface area contributed by atoms with Crippen LogP contribution in [0.5, 0.6) is 0 Å². The van der Waals surface area contributed by atoms with Gasteiger partial charge in [-0.1, -0.05) is 35.4 Å². The van der Waals surface area contributed by atoms with Crippen LogP contribution in [0.1, 0.15) is 16.7 Å². The van der Waals surface area contributed by atoms with Crippen LogP contribution < -0.4 is 10.6 Å². The number of carbonyl (C=O) groups excluding carboxylic acids is 2. The molecule has 5 heteroatoms. The van der Waals surface area contributed by atoms with E-state index < -0.39 is 11.8 Å². The number of benzene rings is 2. The largest absolute Gasteiger partial charge is 0.344 e. The predicted octanol–water partition coefficient (Wildman–Crippen LogP) is 3.21. The quantitative estimate of drug-likeness (QED) is 0.854. The second-order valence-electron chi connectivity index (χ2n) is 5.07. The number of amides is 2. The van der Waals surface area contributed by atoms with Crippen LogP contribution in [-0.2, 0) is 16.1 Å². The molecule has 0 aliphatic carbocycles. The van der Waals surface area contributed by atoms with Gasteiger partial charge in [0.25, 0.3) is 0 Å². The molecule has 0 fully saturated rings. The first-order valence-corrected chi connectivity index (χ1v) is 7.24. The molecule has 2 aromatic carbocycles. The number of halogens is 1. The van der Waals surface area contributed by atoms with Crippen LogP contribution in [0.2, 0.25) is 5.02 Å². The van der Waals surface area contributed by atoms with Crippen molar-refractivity contribution >= 4 is 29.1 Å². The highest BCUT2D eigenvalue weighted by Gasteiger charge is 2.13. The average Bonchev–Trinajstić information content (AvgIpc) is 2.48. The first kappa shape index (κ1) is 16.0. The van der Waals surface area contributed by atoms with Gasteiger partial charge in [-0.3, -0.25) is 9.59 Å². The van der Waals surface area contributed by atoms with Crippen molar-refractivity contribution in [3.05, 3.63) is 64.2 Å². The Bertz CT molecular complexity index is 696. The summed E-state index contributed by atoms with van der Waals surface area (Å²) in [4.78, 5) is 23.6. The zero-order chi connectivity index (χ0) is 16.1. The summed E-state index contributed by atoms with van der Waals surface area (Å²) in [6.07, 6.45) is 0. The molecule has 4 nitrogen and oxygen atoms in total. The molecule has 0 unspecified atom stereocenters. The summed E-state index contributed by atoms with van der Waals surface area (Å²) in [6.45, 7) is 4.30. The number of nitrogens with one attached hydrogen (secondary N) is 2. The van der Waals surface area contributed by atoms with Gasteiger partial charge >= 0.3 is 11.8 Å². The first-order chi connectivity index (χ1) is 10.5. The Kier molecular flexibility index (Phi) is 5.17. The molecule has 0 bridgehead atoms. The summed E-state index contributed by atoms with van der Waals surface area (Å²) < 4.78 is 0. The van der Waals surface area contributed by atoms with Crippen molar-refractivity contribution in [1.82, 2.24) is 5.32 Å². The fourth-order valence-electron chi connectivity index (χ4n) is 2.02. The lowest BCUT2D eigenvalue weighted by Gasteiger charge is -2.09. The fourth-order valence-corrected chi connectivity index (χ4v) is 2.15. The van der Waals surface area contributed by atoms with Gasteiger partial charge in [-0.2, -0.15) is 0 Å². The standard InChI is InChI=1S/C17H17ClN2O2/c1-11-3-4-13(12(2)9-11)10-19-16(21)17(22)20-15-7-5-14(18)6-8-15/h3-9H,10H2,1-2H3,(H,19,21)(H,20,22). The molecular weight excluding hydrogens is 300 g/mol. The van der Waals surface area contributed by atoms with E-state index in [0.29, 0.717) is 17.3 Å². The predicted molar refractivity (Wildman–Crippen MR) is 87.8 cm³/mol. The van der Waals surface area contributed by atoms with Gasteiger partial charge in [0.05, 0.1) is 0 Å². The van der Waals surface area contributed by atoms with Gasteiger partial charge in [-0.25, -0.2) is 0 Å². The monoisotopic (exact) mass is 316 g/mol. The van der Waals surface area contributed by atoms with E-state index >= 15 is 0 Å². The zero-order valence-corrected chi connectivity index (χ0v) is 13.2. The molecule has 2 N–H and O–H groups in total. The normalized spacial score (nSPS) is 10.1.